The van der Waals surface area contributed by atoms with Gasteiger partial charge in [0.25, 0.3) is 5.69 Å². The Morgan fingerprint density at radius 3 is 2.90 bits per heavy atom. The SMILES string of the molecule is CCNC1COCC1C(=O)Nc1cccc([N+](=O)[O-])c1C. The molecule has 0 saturated carbocycles. The van der Waals surface area contributed by atoms with Gasteiger partial charge in [-0.3, -0.25) is 14.9 Å². The van der Waals surface area contributed by atoms with Crippen LogP contribution >= 0.6 is 0 Å². The molecule has 7 nitrogen and oxygen atoms in total. The van der Waals surface area contributed by atoms with Gasteiger partial charge < -0.3 is 15.4 Å². The van der Waals surface area contributed by atoms with Crippen LogP contribution in [0.2, 0.25) is 0 Å². The Kier molecular flexibility index (Phi) is 4.87. The Balaban J connectivity index is 2.13. The Morgan fingerprint density at radius 2 is 2.24 bits per heavy atom. The Morgan fingerprint density at radius 1 is 1.48 bits per heavy atom. The lowest BCUT2D eigenvalue weighted by Crippen LogP contribution is -2.41. The number of carbonyl (C=O) groups excluding carboxylic acids is 1. The van der Waals surface area contributed by atoms with Crippen LogP contribution in [0.3, 0.4) is 0 Å². The topological polar surface area (TPSA) is 93.5 Å². The third kappa shape index (κ3) is 3.37. The zero-order valence-electron chi connectivity index (χ0n) is 12.1. The molecule has 1 heterocycles. The maximum absolute atomic E-state index is 12.3. The van der Waals surface area contributed by atoms with Crippen LogP contribution in [0.1, 0.15) is 12.5 Å². The molecule has 2 rings (SSSR count). The van der Waals surface area contributed by atoms with E-state index in [1.165, 1.54) is 6.07 Å². The number of anilines is 1. The minimum absolute atomic E-state index is 0.00120. The Bertz CT molecular complexity index is 547. The summed E-state index contributed by atoms with van der Waals surface area (Å²) in [5, 5.41) is 16.9. The van der Waals surface area contributed by atoms with E-state index in [0.29, 0.717) is 24.5 Å². The predicted octanol–water partition coefficient (Wildman–Crippen LogP) is 1.47. The Labute approximate surface area is 122 Å². The van der Waals surface area contributed by atoms with Gasteiger partial charge >= 0.3 is 0 Å². The first-order chi connectivity index (χ1) is 10.0. The molecule has 114 valence electrons. The molecule has 2 unspecified atom stereocenters. The predicted molar refractivity (Wildman–Crippen MR) is 78.2 cm³/mol. The lowest BCUT2D eigenvalue weighted by atomic mass is 10.0. The summed E-state index contributed by atoms with van der Waals surface area (Å²) >= 11 is 0. The summed E-state index contributed by atoms with van der Waals surface area (Å²) in [7, 11) is 0. The minimum Gasteiger partial charge on any atom is -0.379 e. The number of nitro groups is 1. The molecular formula is C14H19N3O4. The van der Waals surface area contributed by atoms with Crippen LogP contribution < -0.4 is 10.6 Å². The summed E-state index contributed by atoms with van der Waals surface area (Å²) < 4.78 is 5.34. The molecule has 1 aliphatic rings. The molecule has 0 aromatic heterocycles. The van der Waals surface area contributed by atoms with Crippen LogP contribution in [-0.2, 0) is 9.53 Å². The van der Waals surface area contributed by atoms with Crippen molar-refractivity contribution >= 4 is 17.3 Å². The molecule has 0 spiro atoms. The molecular weight excluding hydrogens is 274 g/mol. The van der Waals surface area contributed by atoms with Crippen molar-refractivity contribution in [3.8, 4) is 0 Å². The van der Waals surface area contributed by atoms with Crippen LogP contribution in [-0.4, -0.2) is 36.6 Å². The summed E-state index contributed by atoms with van der Waals surface area (Å²) in [5.41, 5.74) is 0.921. The normalized spacial score (nSPS) is 21.2. The van der Waals surface area contributed by atoms with Gasteiger partial charge in [-0.15, -0.1) is 0 Å². The number of rotatable bonds is 5. The third-order valence-electron chi connectivity index (χ3n) is 3.64. The van der Waals surface area contributed by atoms with E-state index in [9.17, 15) is 14.9 Å². The fraction of sp³-hybridized carbons (Fsp3) is 0.500. The van der Waals surface area contributed by atoms with Crippen molar-refractivity contribution in [1.82, 2.24) is 5.32 Å². The van der Waals surface area contributed by atoms with Gasteiger partial charge in [-0.1, -0.05) is 13.0 Å². The number of nitrogens with one attached hydrogen (secondary N) is 2. The van der Waals surface area contributed by atoms with Crippen LogP contribution in [0.25, 0.3) is 0 Å². The average Bonchev–Trinajstić information content (AvgIpc) is 2.89. The second-order valence-corrected chi connectivity index (χ2v) is 5.00. The van der Waals surface area contributed by atoms with Crippen molar-refractivity contribution in [2.24, 2.45) is 5.92 Å². The van der Waals surface area contributed by atoms with Gasteiger partial charge in [0, 0.05) is 12.1 Å². The highest BCUT2D eigenvalue weighted by Crippen LogP contribution is 2.26. The quantitative estimate of drug-likeness (QED) is 0.633. The van der Waals surface area contributed by atoms with Crippen molar-refractivity contribution in [2.45, 2.75) is 19.9 Å². The summed E-state index contributed by atoms with van der Waals surface area (Å²) in [4.78, 5) is 22.8. The molecule has 0 aliphatic carbocycles. The molecule has 1 fully saturated rings. The molecule has 1 amide bonds. The number of ether oxygens (including phenoxy) is 1. The second kappa shape index (κ2) is 6.64. The maximum atomic E-state index is 12.3. The molecule has 1 aromatic rings. The van der Waals surface area contributed by atoms with Gasteiger partial charge in [0.1, 0.15) is 0 Å². The van der Waals surface area contributed by atoms with Crippen LogP contribution in [0.15, 0.2) is 18.2 Å². The number of nitrogens with zero attached hydrogens (tertiary/aromatic N) is 1. The first kappa shape index (κ1) is 15.4. The van der Waals surface area contributed by atoms with Gasteiger partial charge in [0.2, 0.25) is 5.91 Å². The van der Waals surface area contributed by atoms with E-state index in [1.54, 1.807) is 19.1 Å². The van der Waals surface area contributed by atoms with Crippen LogP contribution in [0.5, 0.6) is 0 Å². The number of hydrogen-bond acceptors (Lipinski definition) is 5. The number of benzene rings is 1. The molecule has 21 heavy (non-hydrogen) atoms. The molecule has 1 aromatic carbocycles. The van der Waals surface area contributed by atoms with Crippen molar-refractivity contribution in [3.05, 3.63) is 33.9 Å². The summed E-state index contributed by atoms with van der Waals surface area (Å²) in [6.45, 7) is 5.21. The van der Waals surface area contributed by atoms with Gasteiger partial charge in [-0.2, -0.15) is 0 Å². The van der Waals surface area contributed by atoms with E-state index in [0.717, 1.165) is 6.54 Å². The average molecular weight is 293 g/mol. The number of likely N-dealkylation sites (N-methyl/N-ethyl adjacent to an activating group) is 1. The molecule has 0 radical (unpaired) electrons. The highest BCUT2D eigenvalue weighted by atomic mass is 16.6. The fourth-order valence-corrected chi connectivity index (χ4v) is 2.46. The second-order valence-electron chi connectivity index (χ2n) is 5.00. The summed E-state index contributed by atoms with van der Waals surface area (Å²) in [5.74, 6) is -0.467. The summed E-state index contributed by atoms with van der Waals surface area (Å²) in [6.07, 6.45) is 0. The van der Waals surface area contributed by atoms with Crippen LogP contribution in [0.4, 0.5) is 11.4 Å². The highest BCUT2D eigenvalue weighted by molar-refractivity contribution is 5.94. The summed E-state index contributed by atoms with van der Waals surface area (Å²) in [6, 6.07) is 4.63. The van der Waals surface area contributed by atoms with Crippen molar-refractivity contribution in [3.63, 3.8) is 0 Å². The van der Waals surface area contributed by atoms with Crippen LogP contribution in [0, 0.1) is 23.0 Å². The zero-order chi connectivity index (χ0) is 15.4. The molecule has 1 saturated heterocycles. The lowest BCUT2D eigenvalue weighted by molar-refractivity contribution is -0.385. The van der Waals surface area contributed by atoms with E-state index >= 15 is 0 Å². The van der Waals surface area contributed by atoms with Crippen molar-refractivity contribution in [2.75, 3.05) is 25.1 Å². The molecule has 0 bridgehead atoms. The van der Waals surface area contributed by atoms with E-state index < -0.39 is 4.92 Å². The smallest absolute Gasteiger partial charge is 0.274 e. The van der Waals surface area contributed by atoms with E-state index in [1.807, 2.05) is 6.92 Å². The molecule has 7 heteroatoms. The van der Waals surface area contributed by atoms with Crippen molar-refractivity contribution in [1.29, 1.82) is 0 Å². The number of nitro benzene ring substituents is 1. The number of hydrogen-bond donors (Lipinski definition) is 2. The lowest BCUT2D eigenvalue weighted by Gasteiger charge is -2.18. The number of amides is 1. The Hall–Kier alpha value is -1.99. The standard InChI is InChI=1S/C14H19N3O4/c1-3-15-12-8-21-7-10(12)14(18)16-11-5-4-6-13(9(11)2)17(19)20/h4-6,10,12,15H,3,7-8H2,1-2H3,(H,16,18). The maximum Gasteiger partial charge on any atom is 0.274 e. The van der Waals surface area contributed by atoms with Gasteiger partial charge in [0.15, 0.2) is 0 Å². The first-order valence-corrected chi connectivity index (χ1v) is 6.90. The zero-order valence-corrected chi connectivity index (χ0v) is 12.1. The molecule has 1 aliphatic heterocycles. The van der Waals surface area contributed by atoms with Crippen molar-refractivity contribution < 1.29 is 14.5 Å². The molecule has 2 N–H and O–H groups in total. The largest absolute Gasteiger partial charge is 0.379 e. The minimum atomic E-state index is -0.453. The van der Waals surface area contributed by atoms with E-state index in [2.05, 4.69) is 10.6 Å². The third-order valence-corrected chi connectivity index (χ3v) is 3.64. The number of carbonyl (C=O) groups is 1. The highest BCUT2D eigenvalue weighted by Gasteiger charge is 2.33. The van der Waals surface area contributed by atoms with Gasteiger partial charge in [-0.25, -0.2) is 0 Å². The fourth-order valence-electron chi connectivity index (χ4n) is 2.46. The van der Waals surface area contributed by atoms with E-state index in [-0.39, 0.29) is 23.6 Å². The monoisotopic (exact) mass is 293 g/mol. The van der Waals surface area contributed by atoms with Gasteiger partial charge in [0.05, 0.1) is 35.3 Å². The molecule has 2 atom stereocenters. The van der Waals surface area contributed by atoms with E-state index in [4.69, 9.17) is 4.74 Å². The van der Waals surface area contributed by atoms with Gasteiger partial charge in [-0.05, 0) is 19.5 Å². The first-order valence-electron chi connectivity index (χ1n) is 6.90.